The molecule has 0 aliphatic carbocycles. The van der Waals surface area contributed by atoms with E-state index in [9.17, 15) is 14.4 Å². The number of amides is 3. The molecular formula is C40H37N3O5S. The molecule has 5 aromatic carbocycles. The van der Waals surface area contributed by atoms with Crippen LogP contribution in [0.5, 0.6) is 11.5 Å². The molecule has 1 atom stereocenters. The van der Waals surface area contributed by atoms with Gasteiger partial charge in [-0.1, -0.05) is 72.8 Å². The van der Waals surface area contributed by atoms with Crippen molar-refractivity contribution in [3.05, 3.63) is 155 Å². The Bertz CT molecular complexity index is 1960. The SMILES string of the molecule is COc1cccc(/C=C(/NC(=O)c2ccccc2)C(=O)Nc2cccc(SC(C(=O)Nc3cc(C)cc(C)c3)c3ccccc3)c2)c1OC. The van der Waals surface area contributed by atoms with Gasteiger partial charge in [-0.05, 0) is 85.1 Å². The van der Waals surface area contributed by atoms with Crippen LogP contribution in [0.25, 0.3) is 6.08 Å². The zero-order chi connectivity index (χ0) is 34.8. The summed E-state index contributed by atoms with van der Waals surface area (Å²) < 4.78 is 11.0. The lowest BCUT2D eigenvalue weighted by Gasteiger charge is -2.18. The minimum atomic E-state index is -0.575. The number of rotatable bonds is 12. The van der Waals surface area contributed by atoms with Gasteiger partial charge in [0.25, 0.3) is 11.8 Å². The Kier molecular flexibility index (Phi) is 11.5. The Balaban J connectivity index is 1.42. The normalized spacial score (nSPS) is 11.6. The molecule has 0 fully saturated rings. The van der Waals surface area contributed by atoms with E-state index in [0.717, 1.165) is 27.3 Å². The molecule has 5 rings (SSSR count). The van der Waals surface area contributed by atoms with Gasteiger partial charge < -0.3 is 25.4 Å². The van der Waals surface area contributed by atoms with Gasteiger partial charge in [-0.25, -0.2) is 0 Å². The molecular weight excluding hydrogens is 635 g/mol. The fourth-order valence-electron chi connectivity index (χ4n) is 5.26. The number of aryl methyl sites for hydroxylation is 2. The molecule has 3 amide bonds. The molecule has 9 heteroatoms. The van der Waals surface area contributed by atoms with Crippen molar-refractivity contribution >= 4 is 46.9 Å². The van der Waals surface area contributed by atoms with Gasteiger partial charge in [0.15, 0.2) is 11.5 Å². The van der Waals surface area contributed by atoms with Gasteiger partial charge in [-0.3, -0.25) is 14.4 Å². The number of hydrogen-bond acceptors (Lipinski definition) is 6. The zero-order valence-electron chi connectivity index (χ0n) is 27.7. The van der Waals surface area contributed by atoms with Crippen LogP contribution in [0.2, 0.25) is 0 Å². The van der Waals surface area contributed by atoms with Crippen LogP contribution in [-0.2, 0) is 9.59 Å². The van der Waals surface area contributed by atoms with Gasteiger partial charge in [0.1, 0.15) is 10.9 Å². The highest BCUT2D eigenvalue weighted by atomic mass is 32.2. The van der Waals surface area contributed by atoms with Crippen LogP contribution in [0, 0.1) is 13.8 Å². The second-order valence-electron chi connectivity index (χ2n) is 11.2. The topological polar surface area (TPSA) is 106 Å². The summed E-state index contributed by atoms with van der Waals surface area (Å²) in [5.41, 5.74) is 5.08. The summed E-state index contributed by atoms with van der Waals surface area (Å²) in [4.78, 5) is 41.5. The number of para-hydroxylation sites is 1. The van der Waals surface area contributed by atoms with Gasteiger partial charge in [-0.15, -0.1) is 11.8 Å². The van der Waals surface area contributed by atoms with Gasteiger partial charge in [0.2, 0.25) is 5.91 Å². The molecule has 248 valence electrons. The average molecular weight is 672 g/mol. The summed E-state index contributed by atoms with van der Waals surface area (Å²) in [5, 5.41) is 8.18. The van der Waals surface area contributed by atoms with E-state index in [0.29, 0.717) is 28.3 Å². The van der Waals surface area contributed by atoms with E-state index < -0.39 is 17.1 Å². The third-order valence-electron chi connectivity index (χ3n) is 7.44. The maximum Gasteiger partial charge on any atom is 0.272 e. The second-order valence-corrected chi connectivity index (χ2v) is 12.4. The number of anilines is 2. The monoisotopic (exact) mass is 671 g/mol. The van der Waals surface area contributed by atoms with Crippen molar-refractivity contribution in [2.45, 2.75) is 24.0 Å². The van der Waals surface area contributed by atoms with Crippen LogP contribution >= 0.6 is 11.8 Å². The van der Waals surface area contributed by atoms with Gasteiger partial charge in [-0.2, -0.15) is 0 Å². The van der Waals surface area contributed by atoms with E-state index >= 15 is 0 Å². The maximum atomic E-state index is 13.8. The third kappa shape index (κ3) is 9.18. The molecule has 0 aromatic heterocycles. The third-order valence-corrected chi connectivity index (χ3v) is 8.69. The standard InChI is InChI=1S/C40H37N3O5S/c1-26-21-27(2)23-32(22-26)42-40(46)37(28-13-7-5-8-14-28)49-33-19-12-18-31(25-33)41-39(45)34(43-38(44)29-15-9-6-10-16-29)24-30-17-11-20-35(47-3)36(30)48-4/h5-25,37H,1-4H3,(H,41,45)(H,42,46)(H,43,44)/b34-24+. The van der Waals surface area contributed by atoms with Crippen molar-refractivity contribution in [1.29, 1.82) is 0 Å². The number of hydrogen-bond donors (Lipinski definition) is 3. The molecule has 0 radical (unpaired) electrons. The number of nitrogens with one attached hydrogen (secondary N) is 3. The lowest BCUT2D eigenvalue weighted by Crippen LogP contribution is -2.30. The first-order valence-electron chi connectivity index (χ1n) is 15.6. The summed E-state index contributed by atoms with van der Waals surface area (Å²) >= 11 is 1.37. The lowest BCUT2D eigenvalue weighted by atomic mass is 10.1. The number of thioether (sulfide) groups is 1. The Morgan fingerprint density at radius 2 is 1.37 bits per heavy atom. The largest absolute Gasteiger partial charge is 0.493 e. The average Bonchev–Trinajstić information content (AvgIpc) is 3.10. The minimum absolute atomic E-state index is 0.00606. The summed E-state index contributed by atoms with van der Waals surface area (Å²) in [6, 6.07) is 36.6. The van der Waals surface area contributed by atoms with E-state index in [4.69, 9.17) is 9.47 Å². The Labute approximate surface area is 290 Å². The Hall–Kier alpha value is -5.80. The number of benzene rings is 5. The van der Waals surface area contributed by atoms with E-state index in [1.807, 2.05) is 68.4 Å². The quantitative estimate of drug-likeness (QED) is 0.0913. The molecule has 0 bridgehead atoms. The summed E-state index contributed by atoms with van der Waals surface area (Å²) in [6.45, 7) is 3.99. The summed E-state index contributed by atoms with van der Waals surface area (Å²) in [6.07, 6.45) is 1.54. The summed E-state index contributed by atoms with van der Waals surface area (Å²) in [5.74, 6) is -0.285. The molecule has 0 spiro atoms. The van der Waals surface area contributed by atoms with Crippen LogP contribution < -0.4 is 25.4 Å². The highest BCUT2D eigenvalue weighted by molar-refractivity contribution is 8.00. The number of ether oxygens (including phenoxy) is 2. The van der Waals surface area contributed by atoms with Crippen molar-refractivity contribution in [2.24, 2.45) is 0 Å². The molecule has 0 aliphatic heterocycles. The molecule has 0 aliphatic rings. The second kappa shape index (κ2) is 16.3. The van der Waals surface area contributed by atoms with Crippen molar-refractivity contribution in [1.82, 2.24) is 5.32 Å². The van der Waals surface area contributed by atoms with Gasteiger partial charge in [0, 0.05) is 27.4 Å². The lowest BCUT2D eigenvalue weighted by molar-refractivity contribution is -0.116. The van der Waals surface area contributed by atoms with Crippen molar-refractivity contribution < 1.29 is 23.9 Å². The predicted molar refractivity (Wildman–Crippen MR) is 196 cm³/mol. The fraction of sp³-hybridized carbons (Fsp3) is 0.125. The fourth-order valence-corrected chi connectivity index (χ4v) is 6.34. The molecule has 3 N–H and O–H groups in total. The molecule has 0 heterocycles. The number of methoxy groups -OCH3 is 2. The molecule has 0 saturated carbocycles. The number of carbonyl (C=O) groups is 3. The van der Waals surface area contributed by atoms with Crippen LogP contribution in [0.4, 0.5) is 11.4 Å². The Morgan fingerprint density at radius 3 is 2.04 bits per heavy atom. The Morgan fingerprint density at radius 1 is 0.694 bits per heavy atom. The van der Waals surface area contributed by atoms with Crippen LogP contribution in [-0.4, -0.2) is 31.9 Å². The van der Waals surface area contributed by atoms with Crippen LogP contribution in [0.1, 0.15) is 37.9 Å². The molecule has 1 unspecified atom stereocenters. The van der Waals surface area contributed by atoms with Crippen LogP contribution in [0.3, 0.4) is 0 Å². The van der Waals surface area contributed by atoms with Crippen molar-refractivity contribution in [3.63, 3.8) is 0 Å². The van der Waals surface area contributed by atoms with E-state index in [2.05, 4.69) is 22.0 Å². The van der Waals surface area contributed by atoms with Gasteiger partial charge >= 0.3 is 0 Å². The van der Waals surface area contributed by atoms with Gasteiger partial charge in [0.05, 0.1) is 14.2 Å². The van der Waals surface area contributed by atoms with Crippen molar-refractivity contribution in [2.75, 3.05) is 24.9 Å². The smallest absolute Gasteiger partial charge is 0.272 e. The number of carbonyl (C=O) groups excluding carboxylic acids is 3. The van der Waals surface area contributed by atoms with Crippen LogP contribution in [0.15, 0.2) is 132 Å². The van der Waals surface area contributed by atoms with Crippen molar-refractivity contribution in [3.8, 4) is 11.5 Å². The zero-order valence-corrected chi connectivity index (χ0v) is 28.5. The molecule has 49 heavy (non-hydrogen) atoms. The highest BCUT2D eigenvalue weighted by Gasteiger charge is 2.23. The summed E-state index contributed by atoms with van der Waals surface area (Å²) in [7, 11) is 3.03. The molecule has 0 saturated heterocycles. The minimum Gasteiger partial charge on any atom is -0.493 e. The first kappa shape index (κ1) is 34.5. The highest BCUT2D eigenvalue weighted by Crippen LogP contribution is 2.37. The van der Waals surface area contributed by atoms with E-state index in [-0.39, 0.29) is 11.6 Å². The predicted octanol–water partition coefficient (Wildman–Crippen LogP) is 8.20. The first-order valence-corrected chi connectivity index (χ1v) is 16.4. The van der Waals surface area contributed by atoms with E-state index in [1.165, 1.54) is 26.0 Å². The molecule has 8 nitrogen and oxygen atoms in total. The first-order chi connectivity index (χ1) is 23.7. The molecule has 5 aromatic rings. The maximum absolute atomic E-state index is 13.8. The van der Waals surface area contributed by atoms with E-state index in [1.54, 1.807) is 66.7 Å².